The molecular formula is C28H31N5O5. The first-order valence-electron chi connectivity index (χ1n) is 12.5. The molecule has 2 N–H and O–H groups in total. The van der Waals surface area contributed by atoms with Gasteiger partial charge in [-0.05, 0) is 82.3 Å². The lowest BCUT2D eigenvalue weighted by Gasteiger charge is -2.21. The predicted molar refractivity (Wildman–Crippen MR) is 143 cm³/mol. The topological polar surface area (TPSA) is 108 Å². The van der Waals surface area contributed by atoms with E-state index in [1.807, 2.05) is 88.4 Å². The molecule has 0 radical (unpaired) electrons. The molecule has 0 saturated heterocycles. The van der Waals surface area contributed by atoms with Crippen molar-refractivity contribution in [3.8, 4) is 28.5 Å². The minimum Gasteiger partial charge on any atom is -0.489 e. The Labute approximate surface area is 220 Å². The first-order chi connectivity index (χ1) is 18.2. The van der Waals surface area contributed by atoms with Crippen molar-refractivity contribution in [2.45, 2.75) is 39.4 Å². The Kier molecular flexibility index (Phi) is 6.95. The highest BCUT2D eigenvalue weighted by molar-refractivity contribution is 5.68. The van der Waals surface area contributed by atoms with E-state index in [-0.39, 0.29) is 6.10 Å². The number of hydrogen-bond donors (Lipinski definition) is 2. The monoisotopic (exact) mass is 517 g/mol. The molecule has 0 fully saturated rings. The number of aromatic nitrogens is 3. The van der Waals surface area contributed by atoms with Crippen molar-refractivity contribution in [2.24, 2.45) is 0 Å². The average molecular weight is 518 g/mol. The number of carbonyl (C=O) groups excluding carboxylic acids is 1. The highest BCUT2D eigenvalue weighted by Gasteiger charge is 2.17. The Balaban J connectivity index is 1.23. The van der Waals surface area contributed by atoms with Crippen molar-refractivity contribution >= 4 is 23.4 Å². The summed E-state index contributed by atoms with van der Waals surface area (Å²) in [5.74, 6) is 2.62. The first kappa shape index (κ1) is 25.2. The second-order valence-corrected chi connectivity index (χ2v) is 9.94. The molecule has 5 rings (SSSR count). The maximum absolute atomic E-state index is 11.8. The second kappa shape index (κ2) is 10.5. The molecule has 2 aromatic carbocycles. The number of anilines is 2. The molecule has 0 bridgehead atoms. The van der Waals surface area contributed by atoms with E-state index in [1.165, 1.54) is 0 Å². The van der Waals surface area contributed by atoms with Crippen LogP contribution in [0.15, 0.2) is 60.7 Å². The molecule has 3 heterocycles. The van der Waals surface area contributed by atoms with Crippen LogP contribution in [-0.4, -0.2) is 52.2 Å². The number of benzene rings is 2. The van der Waals surface area contributed by atoms with Crippen LogP contribution in [0.5, 0.6) is 17.2 Å². The van der Waals surface area contributed by atoms with Crippen LogP contribution in [0.3, 0.4) is 0 Å². The number of amides is 1. The molecule has 0 unspecified atom stereocenters. The molecule has 2 aromatic heterocycles. The normalized spacial score (nSPS) is 13.6. The van der Waals surface area contributed by atoms with Crippen molar-refractivity contribution in [3.63, 3.8) is 0 Å². The van der Waals surface area contributed by atoms with Gasteiger partial charge >= 0.3 is 6.09 Å². The van der Waals surface area contributed by atoms with Gasteiger partial charge in [0.25, 0.3) is 0 Å². The number of carbonyl (C=O) groups is 1. The molecule has 1 amide bonds. The Morgan fingerprint density at radius 3 is 2.58 bits per heavy atom. The van der Waals surface area contributed by atoms with E-state index < -0.39 is 11.7 Å². The van der Waals surface area contributed by atoms with E-state index in [9.17, 15) is 4.79 Å². The van der Waals surface area contributed by atoms with E-state index in [2.05, 4.69) is 20.7 Å². The third-order valence-electron chi connectivity index (χ3n) is 5.58. The molecule has 1 aliphatic rings. The van der Waals surface area contributed by atoms with Gasteiger partial charge in [0.05, 0.1) is 12.2 Å². The zero-order valence-corrected chi connectivity index (χ0v) is 21.9. The lowest BCUT2D eigenvalue weighted by Crippen LogP contribution is -2.37. The van der Waals surface area contributed by atoms with E-state index in [4.69, 9.17) is 18.9 Å². The highest BCUT2D eigenvalue weighted by Crippen LogP contribution is 2.34. The number of fused-ring (bicyclic) bond motifs is 2. The van der Waals surface area contributed by atoms with Crippen LogP contribution in [0.1, 0.15) is 27.7 Å². The Hall–Kier alpha value is -4.47. The summed E-state index contributed by atoms with van der Waals surface area (Å²) in [4.78, 5) is 16.5. The maximum Gasteiger partial charge on any atom is 0.407 e. The van der Waals surface area contributed by atoms with Gasteiger partial charge in [-0.1, -0.05) is 6.07 Å². The minimum atomic E-state index is -0.542. The fourth-order valence-electron chi connectivity index (χ4n) is 3.94. The number of nitrogens with zero attached hydrogens (tertiary/aromatic N) is 3. The van der Waals surface area contributed by atoms with Gasteiger partial charge in [-0.15, -0.1) is 5.10 Å². The zero-order chi connectivity index (χ0) is 26.7. The molecule has 198 valence electrons. The van der Waals surface area contributed by atoms with Crippen LogP contribution in [0.4, 0.5) is 16.4 Å². The van der Waals surface area contributed by atoms with Gasteiger partial charge in [0.15, 0.2) is 17.1 Å². The van der Waals surface area contributed by atoms with Crippen molar-refractivity contribution in [2.75, 3.05) is 25.1 Å². The zero-order valence-electron chi connectivity index (χ0n) is 21.9. The maximum atomic E-state index is 11.8. The van der Waals surface area contributed by atoms with E-state index in [1.54, 1.807) is 4.52 Å². The van der Waals surface area contributed by atoms with E-state index in [0.29, 0.717) is 37.1 Å². The van der Waals surface area contributed by atoms with Crippen molar-refractivity contribution in [3.05, 3.63) is 60.7 Å². The highest BCUT2D eigenvalue weighted by atomic mass is 16.6. The fraction of sp³-hybridized carbons (Fsp3) is 0.321. The molecule has 1 aliphatic heterocycles. The summed E-state index contributed by atoms with van der Waals surface area (Å²) in [7, 11) is 0. The lowest BCUT2D eigenvalue weighted by atomic mass is 10.1. The molecule has 1 atom stereocenters. The third kappa shape index (κ3) is 6.08. The predicted octanol–water partition coefficient (Wildman–Crippen LogP) is 5.20. The number of nitrogens with one attached hydrogen (secondary N) is 2. The van der Waals surface area contributed by atoms with Crippen molar-refractivity contribution in [1.29, 1.82) is 0 Å². The van der Waals surface area contributed by atoms with Gasteiger partial charge < -0.3 is 29.6 Å². The van der Waals surface area contributed by atoms with Gasteiger partial charge in [-0.2, -0.15) is 4.98 Å². The van der Waals surface area contributed by atoms with Crippen LogP contribution in [0.2, 0.25) is 0 Å². The van der Waals surface area contributed by atoms with Crippen LogP contribution in [0, 0.1) is 0 Å². The van der Waals surface area contributed by atoms with Crippen molar-refractivity contribution in [1.82, 2.24) is 19.9 Å². The summed E-state index contributed by atoms with van der Waals surface area (Å²) in [5, 5.41) is 10.6. The van der Waals surface area contributed by atoms with E-state index >= 15 is 0 Å². The molecule has 0 saturated carbocycles. The quantitative estimate of drug-likeness (QED) is 0.344. The summed E-state index contributed by atoms with van der Waals surface area (Å²) >= 11 is 0. The molecule has 4 aromatic rings. The van der Waals surface area contributed by atoms with Crippen LogP contribution < -0.4 is 24.8 Å². The molecule has 38 heavy (non-hydrogen) atoms. The SMILES string of the molecule is C[C@@H](CNC(=O)OC(C)(C)C)Oc1ccc(Nc2nc3cccc(-c4ccc5c(c4)OCCO5)n3n2)cc1. The molecule has 0 spiro atoms. The van der Waals surface area contributed by atoms with E-state index in [0.717, 1.165) is 28.4 Å². The van der Waals surface area contributed by atoms with Gasteiger partial charge in [0, 0.05) is 11.3 Å². The van der Waals surface area contributed by atoms with Crippen molar-refractivity contribution < 1.29 is 23.7 Å². The molecule has 10 nitrogen and oxygen atoms in total. The van der Waals surface area contributed by atoms with Crippen LogP contribution >= 0.6 is 0 Å². The van der Waals surface area contributed by atoms with Crippen LogP contribution in [-0.2, 0) is 4.74 Å². The summed E-state index contributed by atoms with van der Waals surface area (Å²) in [6.45, 7) is 8.76. The number of hydrogen-bond acceptors (Lipinski definition) is 8. The fourth-order valence-corrected chi connectivity index (χ4v) is 3.94. The second-order valence-electron chi connectivity index (χ2n) is 9.94. The number of pyridine rings is 1. The van der Waals surface area contributed by atoms with Gasteiger partial charge in [0.2, 0.25) is 5.95 Å². The third-order valence-corrected chi connectivity index (χ3v) is 5.58. The molecule has 10 heteroatoms. The van der Waals surface area contributed by atoms with Crippen LogP contribution in [0.25, 0.3) is 16.9 Å². The van der Waals surface area contributed by atoms with Gasteiger partial charge in [0.1, 0.15) is 30.7 Å². The Morgan fingerprint density at radius 1 is 1.05 bits per heavy atom. The smallest absolute Gasteiger partial charge is 0.407 e. The summed E-state index contributed by atoms with van der Waals surface area (Å²) in [6, 6.07) is 19.2. The Bertz CT molecular complexity index is 1430. The summed E-state index contributed by atoms with van der Waals surface area (Å²) in [5.41, 5.74) is 2.82. The largest absolute Gasteiger partial charge is 0.489 e. The molecule has 0 aliphatic carbocycles. The standard InChI is InChI=1S/C28H31N5O5/c1-18(17-29-27(34)38-28(2,3)4)37-21-11-9-20(10-12-21)30-26-31-25-7-5-6-22(33(25)32-26)19-8-13-23-24(16-19)36-15-14-35-23/h5-13,16,18H,14-15,17H2,1-4H3,(H,29,34)(H,30,32)/t18-/m0/s1. The molecular weight excluding hydrogens is 486 g/mol. The van der Waals surface area contributed by atoms with Gasteiger partial charge in [-0.25, -0.2) is 9.31 Å². The lowest BCUT2D eigenvalue weighted by molar-refractivity contribution is 0.0505. The number of rotatable bonds is 7. The summed E-state index contributed by atoms with van der Waals surface area (Å²) in [6.07, 6.45) is -0.704. The van der Waals surface area contributed by atoms with Gasteiger partial charge in [-0.3, -0.25) is 0 Å². The number of alkyl carbamates (subject to hydrolysis) is 1. The Morgan fingerprint density at radius 2 is 1.82 bits per heavy atom. The average Bonchev–Trinajstić information content (AvgIpc) is 3.30. The number of ether oxygens (including phenoxy) is 4. The minimum absolute atomic E-state index is 0.236. The first-order valence-corrected chi connectivity index (χ1v) is 12.5. The summed E-state index contributed by atoms with van der Waals surface area (Å²) < 4.78 is 24.3.